The quantitative estimate of drug-likeness (QED) is 0.890. The third-order valence-electron chi connectivity index (χ3n) is 2.76. The number of rotatable bonds is 3. The van der Waals surface area contributed by atoms with E-state index in [2.05, 4.69) is 18.2 Å². The summed E-state index contributed by atoms with van der Waals surface area (Å²) in [6.07, 6.45) is 2.64. The van der Waals surface area contributed by atoms with Gasteiger partial charge >= 0.3 is 0 Å². The minimum absolute atomic E-state index is 0.711. The van der Waals surface area contributed by atoms with Crippen molar-refractivity contribution < 1.29 is 10.2 Å². The van der Waals surface area contributed by atoms with Crippen LogP contribution < -0.4 is 0 Å². The summed E-state index contributed by atoms with van der Waals surface area (Å²) in [4.78, 5) is 0. The van der Waals surface area contributed by atoms with Crippen molar-refractivity contribution >= 4 is 6.08 Å². The van der Waals surface area contributed by atoms with Gasteiger partial charge in [0.15, 0.2) is 0 Å². The normalized spacial score (nSPS) is 13.4. The van der Waals surface area contributed by atoms with Gasteiger partial charge in [-0.15, -0.1) is 0 Å². The minimum atomic E-state index is -0.767. The van der Waals surface area contributed by atoms with E-state index in [0.717, 1.165) is 5.56 Å². The van der Waals surface area contributed by atoms with E-state index in [0.29, 0.717) is 0 Å². The lowest BCUT2D eigenvalue weighted by Gasteiger charge is -2.12. The Bertz CT molecular complexity index is 489. The molecule has 2 atom stereocenters. The van der Waals surface area contributed by atoms with E-state index >= 15 is 0 Å². The first-order valence-corrected chi connectivity index (χ1v) is 6.74. The monoisotopic (exact) mass is 270 g/mol. The fourth-order valence-electron chi connectivity index (χ4n) is 1.69. The molecule has 0 fully saturated rings. The Morgan fingerprint density at radius 3 is 1.80 bits per heavy atom. The van der Waals surface area contributed by atoms with Crippen LogP contribution >= 0.6 is 0 Å². The van der Waals surface area contributed by atoms with Crippen LogP contribution in [0.2, 0.25) is 0 Å². The Labute approximate surface area is 121 Å². The molecular formula is C18H22O2. The van der Waals surface area contributed by atoms with E-state index in [1.807, 2.05) is 49.4 Å². The molecule has 0 saturated carbocycles. The van der Waals surface area contributed by atoms with Crippen molar-refractivity contribution in [3.05, 3.63) is 77.9 Å². The molecule has 2 aromatic rings. The number of hydrogen-bond donors (Lipinski definition) is 2. The smallest absolute Gasteiger partial charge is 0.105 e. The molecule has 0 aliphatic carbocycles. The van der Waals surface area contributed by atoms with E-state index < -0.39 is 12.2 Å². The van der Waals surface area contributed by atoms with Gasteiger partial charge < -0.3 is 10.2 Å². The third kappa shape index (κ3) is 5.83. The summed E-state index contributed by atoms with van der Waals surface area (Å²) >= 11 is 0. The molecule has 0 radical (unpaired) electrons. The van der Waals surface area contributed by atoms with Crippen LogP contribution in [0.25, 0.3) is 6.08 Å². The molecule has 2 heteroatoms. The van der Waals surface area contributed by atoms with Crippen molar-refractivity contribution in [2.45, 2.75) is 26.1 Å². The summed E-state index contributed by atoms with van der Waals surface area (Å²) in [5.41, 5.74) is 2.02. The maximum Gasteiger partial charge on any atom is 0.105 e. The first-order chi connectivity index (χ1) is 9.65. The van der Waals surface area contributed by atoms with E-state index in [1.165, 1.54) is 5.56 Å². The second-order valence-electron chi connectivity index (χ2n) is 4.51. The van der Waals surface area contributed by atoms with E-state index in [9.17, 15) is 5.11 Å². The fraction of sp³-hybridized carbons (Fsp3) is 0.222. The number of allylic oxidation sites excluding steroid dienone is 1. The Kier molecular flexibility index (Phi) is 7.33. The predicted molar refractivity (Wildman–Crippen MR) is 84.2 cm³/mol. The number of aliphatic hydroxyl groups is 2. The highest BCUT2D eigenvalue weighted by atomic mass is 16.3. The zero-order chi connectivity index (χ0) is 14.8. The summed E-state index contributed by atoms with van der Waals surface area (Å²) in [6, 6.07) is 19.4. The van der Waals surface area contributed by atoms with Gasteiger partial charge in [-0.2, -0.15) is 0 Å². The third-order valence-corrected chi connectivity index (χ3v) is 2.76. The van der Waals surface area contributed by atoms with Gasteiger partial charge in [-0.1, -0.05) is 72.8 Å². The molecule has 0 unspecified atom stereocenters. The molecule has 106 valence electrons. The van der Waals surface area contributed by atoms with E-state index in [-0.39, 0.29) is 0 Å². The standard InChI is InChI=1S/C9H12O2.C9H10/c1-7(10)9(11)8-5-3-2-4-6-8;1-2-6-9-7-4-3-5-8-9/h2-7,9-11H,1H3;2-8H,1H3/b;6-2+/t7-,9+;/m1./s1. The lowest BCUT2D eigenvalue weighted by molar-refractivity contribution is 0.0305. The van der Waals surface area contributed by atoms with Crippen LogP contribution in [0.1, 0.15) is 31.1 Å². The maximum absolute atomic E-state index is 9.35. The van der Waals surface area contributed by atoms with Gasteiger partial charge in [0.2, 0.25) is 0 Å². The topological polar surface area (TPSA) is 40.5 Å². The van der Waals surface area contributed by atoms with Crippen molar-refractivity contribution in [3.8, 4) is 0 Å². The lowest BCUT2D eigenvalue weighted by atomic mass is 10.1. The van der Waals surface area contributed by atoms with Crippen molar-refractivity contribution in [3.63, 3.8) is 0 Å². The van der Waals surface area contributed by atoms with Gasteiger partial charge in [0.25, 0.3) is 0 Å². The number of benzene rings is 2. The molecule has 0 heterocycles. The van der Waals surface area contributed by atoms with Gasteiger partial charge in [0.1, 0.15) is 6.10 Å². The van der Waals surface area contributed by atoms with Crippen LogP contribution in [0.15, 0.2) is 66.7 Å². The highest BCUT2D eigenvalue weighted by molar-refractivity contribution is 5.47. The molecule has 0 amide bonds. The molecule has 2 N–H and O–H groups in total. The van der Waals surface area contributed by atoms with E-state index in [4.69, 9.17) is 5.11 Å². The predicted octanol–water partition coefficient (Wildman–Crippen LogP) is 3.82. The summed E-state index contributed by atoms with van der Waals surface area (Å²) < 4.78 is 0. The second-order valence-corrected chi connectivity index (χ2v) is 4.51. The first-order valence-electron chi connectivity index (χ1n) is 6.74. The molecule has 2 rings (SSSR count). The molecule has 0 bridgehead atoms. The molecule has 0 saturated heterocycles. The average Bonchev–Trinajstić information content (AvgIpc) is 2.49. The molecule has 0 spiro atoms. The molecule has 0 aliphatic rings. The van der Waals surface area contributed by atoms with Crippen LogP contribution in [0.4, 0.5) is 0 Å². The maximum atomic E-state index is 9.35. The van der Waals surface area contributed by atoms with Crippen molar-refractivity contribution in [1.82, 2.24) is 0 Å². The highest BCUT2D eigenvalue weighted by Crippen LogP contribution is 2.15. The Morgan fingerprint density at radius 1 is 0.850 bits per heavy atom. The first kappa shape index (κ1) is 16.2. The zero-order valence-corrected chi connectivity index (χ0v) is 12.0. The number of hydrogen-bond acceptors (Lipinski definition) is 2. The van der Waals surface area contributed by atoms with Gasteiger partial charge in [-0.3, -0.25) is 0 Å². The van der Waals surface area contributed by atoms with Gasteiger partial charge in [0, 0.05) is 0 Å². The van der Waals surface area contributed by atoms with Crippen LogP contribution in [-0.4, -0.2) is 16.3 Å². The van der Waals surface area contributed by atoms with Crippen LogP contribution in [0, 0.1) is 0 Å². The second kappa shape index (κ2) is 9.08. The number of aliphatic hydroxyl groups excluding tert-OH is 2. The highest BCUT2D eigenvalue weighted by Gasteiger charge is 2.11. The fourth-order valence-corrected chi connectivity index (χ4v) is 1.69. The summed E-state index contributed by atoms with van der Waals surface area (Å²) in [7, 11) is 0. The van der Waals surface area contributed by atoms with Gasteiger partial charge in [0.05, 0.1) is 6.10 Å². The van der Waals surface area contributed by atoms with Gasteiger partial charge in [-0.05, 0) is 25.0 Å². The lowest BCUT2D eigenvalue weighted by Crippen LogP contribution is -2.13. The Hall–Kier alpha value is -1.90. The minimum Gasteiger partial charge on any atom is -0.390 e. The van der Waals surface area contributed by atoms with E-state index in [1.54, 1.807) is 19.1 Å². The Balaban J connectivity index is 0.000000204. The van der Waals surface area contributed by atoms with Gasteiger partial charge in [-0.25, -0.2) is 0 Å². The average molecular weight is 270 g/mol. The molecule has 2 aromatic carbocycles. The Morgan fingerprint density at radius 2 is 1.35 bits per heavy atom. The summed E-state index contributed by atoms with van der Waals surface area (Å²) in [5.74, 6) is 0. The molecule has 20 heavy (non-hydrogen) atoms. The molecular weight excluding hydrogens is 248 g/mol. The van der Waals surface area contributed by atoms with Crippen molar-refractivity contribution in [2.75, 3.05) is 0 Å². The summed E-state index contributed by atoms with van der Waals surface area (Å²) in [6.45, 7) is 3.59. The van der Waals surface area contributed by atoms with Crippen molar-refractivity contribution in [1.29, 1.82) is 0 Å². The molecule has 0 aliphatic heterocycles. The summed E-state index contributed by atoms with van der Waals surface area (Å²) in [5, 5.41) is 18.4. The van der Waals surface area contributed by atoms with Crippen LogP contribution in [0.3, 0.4) is 0 Å². The van der Waals surface area contributed by atoms with Crippen molar-refractivity contribution in [2.24, 2.45) is 0 Å². The van der Waals surface area contributed by atoms with Crippen LogP contribution in [0.5, 0.6) is 0 Å². The van der Waals surface area contributed by atoms with Crippen LogP contribution in [-0.2, 0) is 0 Å². The zero-order valence-electron chi connectivity index (χ0n) is 12.0. The largest absolute Gasteiger partial charge is 0.390 e. The molecule has 2 nitrogen and oxygen atoms in total. The molecule has 0 aromatic heterocycles. The SMILES string of the molecule is C/C=C/c1ccccc1.C[C@@H](O)[C@H](O)c1ccccc1.